The Kier molecular flexibility index (Phi) is 4.64. The van der Waals surface area contributed by atoms with Gasteiger partial charge in [0, 0.05) is 5.02 Å². The summed E-state index contributed by atoms with van der Waals surface area (Å²) in [5.74, 6) is -1.14. The molecule has 0 unspecified atom stereocenters. The minimum absolute atomic E-state index is 0.0454. The fraction of sp³-hybridized carbons (Fsp3) is 0.100. The van der Waals surface area contributed by atoms with E-state index >= 15 is 0 Å². The lowest BCUT2D eigenvalue weighted by Crippen LogP contribution is -2.05. The summed E-state index contributed by atoms with van der Waals surface area (Å²) in [5, 5.41) is 17.4. The van der Waals surface area contributed by atoms with Crippen LogP contribution < -0.4 is 5.73 Å². The van der Waals surface area contributed by atoms with E-state index in [1.807, 2.05) is 0 Å². The molecule has 0 bridgehead atoms. The number of hydrogen-bond donors (Lipinski definition) is 2. The Morgan fingerprint density at radius 2 is 1.90 bits per heavy atom. The molecule has 20 heavy (non-hydrogen) atoms. The van der Waals surface area contributed by atoms with Gasteiger partial charge in [0.05, 0.1) is 21.5 Å². The number of aromatic nitrogens is 3. The van der Waals surface area contributed by atoms with Crippen molar-refractivity contribution in [3.8, 4) is 5.69 Å². The monoisotopic (exact) mass is 352 g/mol. The molecule has 1 aromatic carbocycles. The summed E-state index contributed by atoms with van der Waals surface area (Å²) in [4.78, 5) is 10.6. The normalized spacial score (nSPS) is 10.8. The maximum atomic E-state index is 10.6. The van der Waals surface area contributed by atoms with Crippen LogP contribution in [0.4, 0.5) is 5.95 Å². The van der Waals surface area contributed by atoms with Crippen LogP contribution in [0.15, 0.2) is 17.3 Å². The summed E-state index contributed by atoms with van der Waals surface area (Å²) < 4.78 is 1.38. The number of nitrogens with two attached hydrogens (primary N) is 1. The number of rotatable bonds is 4. The van der Waals surface area contributed by atoms with Gasteiger partial charge in [-0.15, -0.1) is 10.2 Å². The quantitative estimate of drug-likeness (QED) is 0.821. The maximum Gasteiger partial charge on any atom is 0.313 e. The number of benzene rings is 1. The Bertz CT molecular complexity index is 654. The third-order valence-corrected chi connectivity index (χ3v) is 3.90. The average Bonchev–Trinajstić information content (AvgIpc) is 2.67. The van der Waals surface area contributed by atoms with Gasteiger partial charge in [-0.3, -0.25) is 9.36 Å². The molecule has 3 N–H and O–H groups in total. The molecule has 10 heteroatoms. The Labute approximate surface area is 132 Å². The van der Waals surface area contributed by atoms with Crippen molar-refractivity contribution in [2.75, 3.05) is 11.5 Å². The summed E-state index contributed by atoms with van der Waals surface area (Å²) in [5.41, 5.74) is 6.09. The minimum atomic E-state index is -0.989. The van der Waals surface area contributed by atoms with Gasteiger partial charge in [0.2, 0.25) is 5.95 Å². The van der Waals surface area contributed by atoms with Gasteiger partial charge in [0.1, 0.15) is 0 Å². The number of carboxylic acid groups (broad SMARTS) is 1. The number of thioether (sulfide) groups is 1. The third kappa shape index (κ3) is 3.12. The molecule has 0 aliphatic carbocycles. The first-order valence-corrected chi connectivity index (χ1v) is 7.22. The zero-order chi connectivity index (χ0) is 14.9. The zero-order valence-corrected chi connectivity index (χ0v) is 12.8. The van der Waals surface area contributed by atoms with E-state index < -0.39 is 5.97 Å². The molecule has 1 heterocycles. The predicted octanol–water partition coefficient (Wildman–Crippen LogP) is 2.99. The molecule has 2 rings (SSSR count). The van der Waals surface area contributed by atoms with Crippen LogP contribution in [0.5, 0.6) is 0 Å². The molecule has 0 saturated heterocycles. The van der Waals surface area contributed by atoms with Gasteiger partial charge in [0.15, 0.2) is 5.16 Å². The fourth-order valence-electron chi connectivity index (χ4n) is 1.46. The predicted molar refractivity (Wildman–Crippen MR) is 79.2 cm³/mol. The lowest BCUT2D eigenvalue weighted by atomic mass is 10.3. The molecule has 0 saturated carbocycles. The molecule has 0 aliphatic heterocycles. The van der Waals surface area contributed by atoms with Crippen molar-refractivity contribution < 1.29 is 9.90 Å². The highest BCUT2D eigenvalue weighted by atomic mass is 35.5. The second-order valence-corrected chi connectivity index (χ2v) is 5.77. The van der Waals surface area contributed by atoms with Gasteiger partial charge < -0.3 is 10.8 Å². The maximum absolute atomic E-state index is 10.6. The highest BCUT2D eigenvalue weighted by Gasteiger charge is 2.19. The number of nitrogens with zero attached hydrogens (tertiary/aromatic N) is 3. The smallest absolute Gasteiger partial charge is 0.313 e. The number of carbonyl (C=O) groups is 1. The van der Waals surface area contributed by atoms with Gasteiger partial charge in [-0.2, -0.15) is 0 Å². The molecular weight excluding hydrogens is 347 g/mol. The van der Waals surface area contributed by atoms with Crippen LogP contribution in [0, 0.1) is 0 Å². The molecule has 1 aromatic heterocycles. The van der Waals surface area contributed by atoms with Crippen LogP contribution in [-0.2, 0) is 4.79 Å². The molecule has 0 radical (unpaired) electrons. The topological polar surface area (TPSA) is 94.0 Å². The first-order valence-electron chi connectivity index (χ1n) is 5.10. The second-order valence-electron chi connectivity index (χ2n) is 3.58. The first-order chi connectivity index (χ1) is 9.40. The number of hydrogen-bond acceptors (Lipinski definition) is 5. The van der Waals surface area contributed by atoms with Gasteiger partial charge in [-0.1, -0.05) is 46.6 Å². The Hall–Kier alpha value is -1.15. The molecule has 0 fully saturated rings. The van der Waals surface area contributed by atoms with Crippen LogP contribution in [0.25, 0.3) is 5.69 Å². The SMILES string of the molecule is Nc1nnc(SCC(=O)O)n1-c1c(Cl)cc(Cl)cc1Cl. The van der Waals surface area contributed by atoms with Gasteiger partial charge in [-0.05, 0) is 12.1 Å². The van der Waals surface area contributed by atoms with Crippen molar-refractivity contribution in [3.05, 3.63) is 27.2 Å². The van der Waals surface area contributed by atoms with E-state index in [9.17, 15) is 4.79 Å². The molecule has 0 atom stereocenters. The molecule has 0 spiro atoms. The summed E-state index contributed by atoms with van der Waals surface area (Å²) >= 11 is 19.0. The van der Waals surface area contributed by atoms with Gasteiger partial charge >= 0.3 is 5.97 Å². The third-order valence-electron chi connectivity index (χ3n) is 2.19. The van der Waals surface area contributed by atoms with Crippen molar-refractivity contribution in [2.45, 2.75) is 5.16 Å². The highest BCUT2D eigenvalue weighted by Crippen LogP contribution is 2.35. The zero-order valence-electron chi connectivity index (χ0n) is 9.68. The molecule has 6 nitrogen and oxygen atoms in total. The second kappa shape index (κ2) is 6.09. The van der Waals surface area contributed by atoms with Crippen molar-refractivity contribution in [3.63, 3.8) is 0 Å². The van der Waals surface area contributed by atoms with Crippen molar-refractivity contribution in [2.24, 2.45) is 0 Å². The number of halogens is 3. The molecule has 0 amide bonds. The van der Waals surface area contributed by atoms with E-state index in [4.69, 9.17) is 45.6 Å². The standard InChI is InChI=1S/C10H7Cl3N4O2S/c11-4-1-5(12)8(6(13)2-4)17-9(14)15-16-10(17)20-3-7(18)19/h1-2H,3H2,(H2,14,15)(H,18,19). The molecule has 0 aliphatic rings. The van der Waals surface area contributed by atoms with Crippen LogP contribution >= 0.6 is 46.6 Å². The molecule has 2 aromatic rings. The van der Waals surface area contributed by atoms with Gasteiger partial charge in [0.25, 0.3) is 0 Å². The first kappa shape index (κ1) is 15.2. The molecule has 106 valence electrons. The van der Waals surface area contributed by atoms with Crippen molar-refractivity contribution >= 4 is 58.5 Å². The lowest BCUT2D eigenvalue weighted by Gasteiger charge is -2.11. The largest absolute Gasteiger partial charge is 0.481 e. The lowest BCUT2D eigenvalue weighted by molar-refractivity contribution is -0.133. The van der Waals surface area contributed by atoms with E-state index in [1.165, 1.54) is 16.7 Å². The number of aliphatic carboxylic acids is 1. The van der Waals surface area contributed by atoms with E-state index in [2.05, 4.69) is 10.2 Å². The summed E-state index contributed by atoms with van der Waals surface area (Å²) in [6, 6.07) is 2.99. The number of anilines is 1. The number of carboxylic acids is 1. The Balaban J connectivity index is 2.52. The number of nitrogen functional groups attached to an aromatic ring is 1. The summed E-state index contributed by atoms with van der Waals surface area (Å²) in [6.07, 6.45) is 0. The van der Waals surface area contributed by atoms with Crippen LogP contribution in [0.3, 0.4) is 0 Å². The van der Waals surface area contributed by atoms with Crippen LogP contribution in [0.2, 0.25) is 15.1 Å². The minimum Gasteiger partial charge on any atom is -0.481 e. The van der Waals surface area contributed by atoms with Crippen LogP contribution in [0.1, 0.15) is 0 Å². The molecular formula is C10H7Cl3N4O2S. The summed E-state index contributed by atoms with van der Waals surface area (Å²) in [7, 11) is 0. The average molecular weight is 354 g/mol. The fourth-order valence-corrected chi connectivity index (χ4v) is 3.11. The van der Waals surface area contributed by atoms with Crippen LogP contribution in [-0.4, -0.2) is 31.6 Å². The summed E-state index contributed by atoms with van der Waals surface area (Å²) in [6.45, 7) is 0. The Morgan fingerprint density at radius 3 is 2.45 bits per heavy atom. The van der Waals surface area contributed by atoms with E-state index in [1.54, 1.807) is 0 Å². The van der Waals surface area contributed by atoms with E-state index in [-0.39, 0.29) is 26.9 Å². The highest BCUT2D eigenvalue weighted by molar-refractivity contribution is 7.99. The van der Waals surface area contributed by atoms with E-state index in [0.29, 0.717) is 10.7 Å². The van der Waals surface area contributed by atoms with E-state index in [0.717, 1.165) is 11.8 Å². The van der Waals surface area contributed by atoms with Crippen molar-refractivity contribution in [1.82, 2.24) is 14.8 Å². The van der Waals surface area contributed by atoms with Crippen molar-refractivity contribution in [1.29, 1.82) is 0 Å². The van der Waals surface area contributed by atoms with Gasteiger partial charge in [-0.25, -0.2) is 0 Å². The Morgan fingerprint density at radius 1 is 1.30 bits per heavy atom.